The molecule has 0 saturated heterocycles. The molecule has 4 heteroatoms. The number of hydrogen-bond acceptors (Lipinski definition) is 3. The molecule has 0 bridgehead atoms. The molecule has 1 aliphatic rings. The topological polar surface area (TPSA) is 54.1 Å². The first kappa shape index (κ1) is 13.1. The van der Waals surface area contributed by atoms with Crippen LogP contribution in [0.2, 0.25) is 0 Å². The van der Waals surface area contributed by atoms with Crippen LogP contribution in [-0.4, -0.2) is 4.98 Å². The minimum Gasteiger partial charge on any atom is -0.326 e. The normalized spacial score (nSPS) is 17.7. The second-order valence-corrected chi connectivity index (χ2v) is 5.09. The van der Waals surface area contributed by atoms with E-state index >= 15 is 0 Å². The molecule has 4 nitrogen and oxygen atoms in total. The average Bonchev–Trinajstić information content (AvgIpc) is 2.48. The number of aromatic nitrogens is 1. The van der Waals surface area contributed by atoms with Crippen molar-refractivity contribution in [1.82, 2.24) is 10.5 Å². The standard InChI is InChI=1S/C16H18N2O2/c19-16-10-9-13-14(17-16)7-4-8-15(13)18-20-11-12-5-2-1-3-6-12/h1-3,5-6,9-10,15,18H,4,7-8,11H2,(H,17,19). The Morgan fingerprint density at radius 1 is 1.20 bits per heavy atom. The molecule has 0 fully saturated rings. The molecule has 1 aromatic carbocycles. The van der Waals surface area contributed by atoms with Gasteiger partial charge in [0, 0.05) is 11.8 Å². The lowest BCUT2D eigenvalue weighted by molar-refractivity contribution is -0.00106. The summed E-state index contributed by atoms with van der Waals surface area (Å²) in [5.74, 6) is 0. The second-order valence-electron chi connectivity index (χ2n) is 5.09. The molecule has 1 heterocycles. The number of hydroxylamine groups is 1. The molecule has 3 rings (SSSR count). The van der Waals surface area contributed by atoms with Crippen molar-refractivity contribution in [2.24, 2.45) is 0 Å². The first-order chi connectivity index (χ1) is 9.83. The van der Waals surface area contributed by atoms with Gasteiger partial charge in [-0.2, -0.15) is 5.48 Å². The summed E-state index contributed by atoms with van der Waals surface area (Å²) >= 11 is 0. The number of aryl methyl sites for hydroxylation is 1. The number of rotatable bonds is 4. The predicted molar refractivity (Wildman–Crippen MR) is 77.1 cm³/mol. The van der Waals surface area contributed by atoms with Gasteiger partial charge in [-0.1, -0.05) is 36.4 Å². The quantitative estimate of drug-likeness (QED) is 0.839. The van der Waals surface area contributed by atoms with Crippen molar-refractivity contribution in [3.63, 3.8) is 0 Å². The van der Waals surface area contributed by atoms with Crippen LogP contribution >= 0.6 is 0 Å². The Labute approximate surface area is 117 Å². The van der Waals surface area contributed by atoms with E-state index in [0.717, 1.165) is 36.1 Å². The number of pyridine rings is 1. The van der Waals surface area contributed by atoms with E-state index in [4.69, 9.17) is 4.84 Å². The monoisotopic (exact) mass is 270 g/mol. The third-order valence-corrected chi connectivity index (χ3v) is 3.64. The van der Waals surface area contributed by atoms with Crippen molar-refractivity contribution in [2.75, 3.05) is 0 Å². The fraction of sp³-hybridized carbons (Fsp3) is 0.312. The summed E-state index contributed by atoms with van der Waals surface area (Å²) in [6, 6.07) is 13.7. The Morgan fingerprint density at radius 3 is 2.90 bits per heavy atom. The smallest absolute Gasteiger partial charge is 0.248 e. The molecule has 2 aromatic rings. The number of aromatic amines is 1. The van der Waals surface area contributed by atoms with Gasteiger partial charge in [0.15, 0.2) is 0 Å². The van der Waals surface area contributed by atoms with E-state index in [1.165, 1.54) is 0 Å². The van der Waals surface area contributed by atoms with Crippen LogP contribution in [0.5, 0.6) is 0 Å². The molecule has 1 aliphatic carbocycles. The fourth-order valence-corrected chi connectivity index (χ4v) is 2.62. The van der Waals surface area contributed by atoms with Crippen LogP contribution in [0.4, 0.5) is 0 Å². The largest absolute Gasteiger partial charge is 0.326 e. The Hall–Kier alpha value is -1.91. The maximum atomic E-state index is 11.3. The first-order valence-corrected chi connectivity index (χ1v) is 6.96. The van der Waals surface area contributed by atoms with Gasteiger partial charge < -0.3 is 4.98 Å². The zero-order valence-electron chi connectivity index (χ0n) is 11.3. The molecular weight excluding hydrogens is 252 g/mol. The average molecular weight is 270 g/mol. The van der Waals surface area contributed by atoms with Gasteiger partial charge in [-0.15, -0.1) is 0 Å². The van der Waals surface area contributed by atoms with Gasteiger partial charge in [0.25, 0.3) is 0 Å². The molecule has 0 aliphatic heterocycles. The van der Waals surface area contributed by atoms with Gasteiger partial charge in [-0.05, 0) is 30.4 Å². The summed E-state index contributed by atoms with van der Waals surface area (Å²) in [5, 5.41) is 0. The summed E-state index contributed by atoms with van der Waals surface area (Å²) in [4.78, 5) is 19.9. The maximum Gasteiger partial charge on any atom is 0.248 e. The van der Waals surface area contributed by atoms with Crippen molar-refractivity contribution in [1.29, 1.82) is 0 Å². The van der Waals surface area contributed by atoms with Gasteiger partial charge in [0.1, 0.15) is 0 Å². The molecule has 0 radical (unpaired) electrons. The van der Waals surface area contributed by atoms with Crippen LogP contribution < -0.4 is 11.0 Å². The van der Waals surface area contributed by atoms with Gasteiger partial charge >= 0.3 is 0 Å². The van der Waals surface area contributed by atoms with Crippen molar-refractivity contribution >= 4 is 0 Å². The van der Waals surface area contributed by atoms with Crippen LogP contribution in [0.25, 0.3) is 0 Å². The van der Waals surface area contributed by atoms with E-state index in [9.17, 15) is 4.79 Å². The van der Waals surface area contributed by atoms with Crippen molar-refractivity contribution in [3.05, 3.63) is 69.6 Å². The van der Waals surface area contributed by atoms with E-state index in [-0.39, 0.29) is 11.6 Å². The Balaban J connectivity index is 1.63. The highest BCUT2D eigenvalue weighted by Gasteiger charge is 2.20. The van der Waals surface area contributed by atoms with E-state index in [1.807, 2.05) is 36.4 Å². The highest BCUT2D eigenvalue weighted by Crippen LogP contribution is 2.27. The first-order valence-electron chi connectivity index (χ1n) is 6.96. The summed E-state index contributed by atoms with van der Waals surface area (Å²) in [6.07, 6.45) is 3.01. The lowest BCUT2D eigenvalue weighted by atomic mass is 9.92. The molecule has 1 atom stereocenters. The summed E-state index contributed by atoms with van der Waals surface area (Å²) in [7, 11) is 0. The summed E-state index contributed by atoms with van der Waals surface area (Å²) < 4.78 is 0. The van der Waals surface area contributed by atoms with E-state index < -0.39 is 0 Å². The minimum atomic E-state index is -0.0328. The highest BCUT2D eigenvalue weighted by molar-refractivity contribution is 5.25. The third-order valence-electron chi connectivity index (χ3n) is 3.64. The molecule has 0 amide bonds. The van der Waals surface area contributed by atoms with E-state index in [1.54, 1.807) is 6.07 Å². The van der Waals surface area contributed by atoms with Crippen molar-refractivity contribution in [2.45, 2.75) is 31.9 Å². The number of hydrogen-bond donors (Lipinski definition) is 2. The molecular formula is C16H18N2O2. The fourth-order valence-electron chi connectivity index (χ4n) is 2.62. The zero-order valence-corrected chi connectivity index (χ0v) is 11.3. The van der Waals surface area contributed by atoms with Gasteiger partial charge in [-0.3, -0.25) is 9.63 Å². The molecule has 1 aromatic heterocycles. The lowest BCUT2D eigenvalue weighted by Gasteiger charge is -2.25. The van der Waals surface area contributed by atoms with Gasteiger partial charge in [0.2, 0.25) is 5.56 Å². The SMILES string of the molecule is O=c1ccc2c([nH]1)CCCC2NOCc1ccccc1. The van der Waals surface area contributed by atoms with Crippen LogP contribution in [0.1, 0.15) is 35.7 Å². The Kier molecular flexibility index (Phi) is 3.95. The van der Waals surface area contributed by atoms with Crippen molar-refractivity contribution in [3.8, 4) is 0 Å². The van der Waals surface area contributed by atoms with Gasteiger partial charge in [0.05, 0.1) is 12.6 Å². The van der Waals surface area contributed by atoms with E-state index in [0.29, 0.717) is 6.61 Å². The molecule has 20 heavy (non-hydrogen) atoms. The molecule has 2 N–H and O–H groups in total. The minimum absolute atomic E-state index is 0.0328. The highest BCUT2D eigenvalue weighted by atomic mass is 16.6. The van der Waals surface area contributed by atoms with Crippen LogP contribution in [-0.2, 0) is 17.9 Å². The predicted octanol–water partition coefficient (Wildman–Crippen LogP) is 2.47. The molecule has 0 spiro atoms. The van der Waals surface area contributed by atoms with Crippen LogP contribution in [0.3, 0.4) is 0 Å². The lowest BCUT2D eigenvalue weighted by Crippen LogP contribution is -2.27. The maximum absolute atomic E-state index is 11.3. The molecule has 104 valence electrons. The van der Waals surface area contributed by atoms with E-state index in [2.05, 4.69) is 10.5 Å². The number of benzene rings is 1. The van der Waals surface area contributed by atoms with Crippen LogP contribution in [0, 0.1) is 0 Å². The number of nitrogens with one attached hydrogen (secondary N) is 2. The third kappa shape index (κ3) is 2.98. The van der Waals surface area contributed by atoms with Crippen LogP contribution in [0.15, 0.2) is 47.3 Å². The summed E-state index contributed by atoms with van der Waals surface area (Å²) in [5.41, 5.74) is 6.40. The number of H-pyrrole nitrogens is 1. The Morgan fingerprint density at radius 2 is 2.05 bits per heavy atom. The molecule has 1 unspecified atom stereocenters. The molecule has 0 saturated carbocycles. The summed E-state index contributed by atoms with van der Waals surface area (Å²) in [6.45, 7) is 0.538. The number of fused-ring (bicyclic) bond motifs is 1. The zero-order chi connectivity index (χ0) is 13.8. The van der Waals surface area contributed by atoms with Crippen molar-refractivity contribution < 1.29 is 4.84 Å². The van der Waals surface area contributed by atoms with Gasteiger partial charge in [-0.25, -0.2) is 0 Å². The second kappa shape index (κ2) is 6.03. The Bertz CT molecular complexity index is 622.